The van der Waals surface area contributed by atoms with E-state index in [1.54, 1.807) is 0 Å². The van der Waals surface area contributed by atoms with Crippen LogP contribution in [0, 0.1) is 0 Å². The maximum Gasteiger partial charge on any atom is 0.416 e. The van der Waals surface area contributed by atoms with Crippen molar-refractivity contribution in [2.24, 2.45) is 0 Å². The monoisotopic (exact) mass is 408 g/mol. The fourth-order valence-corrected chi connectivity index (χ4v) is 5.59. The number of alkyl halides is 3. The summed E-state index contributed by atoms with van der Waals surface area (Å²) < 4.78 is 61.0. The van der Waals surface area contributed by atoms with Gasteiger partial charge in [0.1, 0.15) is 0 Å². The highest BCUT2D eigenvalue weighted by Gasteiger charge is 2.35. The number of nitrogens with one attached hydrogen (secondary N) is 2. The zero-order valence-corrected chi connectivity index (χ0v) is 14.9. The molecule has 1 fully saturated rings. The van der Waals surface area contributed by atoms with Crippen molar-refractivity contribution in [1.29, 1.82) is 0 Å². The first kappa shape index (κ1) is 19.0. The van der Waals surface area contributed by atoms with Crippen LogP contribution in [-0.2, 0) is 25.6 Å². The molecular weight excluding hydrogens is 393 g/mol. The maximum absolute atomic E-state index is 12.7. The topological polar surface area (TPSA) is 92.3 Å². The molecule has 2 unspecified atom stereocenters. The molecule has 11 heteroatoms. The number of halogens is 3. The number of sulfone groups is 1. The summed E-state index contributed by atoms with van der Waals surface area (Å²) in [5.74, 6) is -1.12. The smallest absolute Gasteiger partial charge is 0.352 e. The van der Waals surface area contributed by atoms with E-state index in [0.717, 1.165) is 23.9 Å². The first-order valence-corrected chi connectivity index (χ1v) is 10.4. The van der Waals surface area contributed by atoms with E-state index < -0.39 is 44.7 Å². The highest BCUT2D eigenvalue weighted by molar-refractivity contribution is 8.01. The number of thioether (sulfide) groups is 1. The predicted molar refractivity (Wildman–Crippen MR) is 89.5 cm³/mol. The van der Waals surface area contributed by atoms with Crippen LogP contribution < -0.4 is 10.6 Å². The van der Waals surface area contributed by atoms with Gasteiger partial charge in [0, 0.05) is 17.4 Å². The van der Waals surface area contributed by atoms with E-state index in [9.17, 15) is 31.2 Å². The zero-order chi connectivity index (χ0) is 19.1. The Balaban J connectivity index is 1.64. The number of fused-ring (bicyclic) bond motifs is 1. The Morgan fingerprint density at radius 1 is 1.35 bits per heavy atom. The molecule has 1 saturated heterocycles. The average Bonchev–Trinajstić information content (AvgIpc) is 2.85. The number of rotatable bonds is 3. The van der Waals surface area contributed by atoms with Gasteiger partial charge in [-0.3, -0.25) is 9.59 Å². The van der Waals surface area contributed by atoms with Crippen molar-refractivity contribution in [3.63, 3.8) is 0 Å². The highest BCUT2D eigenvalue weighted by Crippen LogP contribution is 2.40. The second-order valence-electron chi connectivity index (χ2n) is 6.18. The molecule has 142 valence electrons. The van der Waals surface area contributed by atoms with Gasteiger partial charge in [-0.25, -0.2) is 8.42 Å². The summed E-state index contributed by atoms with van der Waals surface area (Å²) in [4.78, 5) is 24.6. The van der Waals surface area contributed by atoms with Crippen molar-refractivity contribution < 1.29 is 31.2 Å². The molecule has 0 radical (unpaired) electrons. The lowest BCUT2D eigenvalue weighted by molar-refractivity contribution is -0.137. The van der Waals surface area contributed by atoms with Crippen LogP contribution in [0.25, 0.3) is 0 Å². The minimum absolute atomic E-state index is 0.0194. The van der Waals surface area contributed by atoms with Gasteiger partial charge in [0.15, 0.2) is 9.84 Å². The summed E-state index contributed by atoms with van der Waals surface area (Å²) in [5.41, 5.74) is -0.802. The Morgan fingerprint density at radius 3 is 2.69 bits per heavy atom. The molecule has 0 saturated carbocycles. The predicted octanol–water partition coefficient (Wildman–Crippen LogP) is 1.81. The lowest BCUT2D eigenvalue weighted by Crippen LogP contribution is -2.39. The summed E-state index contributed by atoms with van der Waals surface area (Å²) in [6.45, 7) is 0. The normalized spacial score (nSPS) is 24.7. The minimum atomic E-state index is -4.51. The molecule has 2 aliphatic heterocycles. The van der Waals surface area contributed by atoms with Gasteiger partial charge in [-0.2, -0.15) is 13.2 Å². The molecule has 2 amide bonds. The Labute approximate surface area is 151 Å². The van der Waals surface area contributed by atoms with Gasteiger partial charge in [0.05, 0.1) is 28.0 Å². The molecule has 6 nitrogen and oxygen atoms in total. The van der Waals surface area contributed by atoms with E-state index in [4.69, 9.17) is 0 Å². The van der Waals surface area contributed by atoms with Crippen LogP contribution >= 0.6 is 11.8 Å². The SMILES string of the molecule is O=C(CC1Sc2ccc(C(F)(F)F)cc2NC1=O)NC1CCS(=O)(=O)C1. The van der Waals surface area contributed by atoms with Gasteiger partial charge in [0.25, 0.3) is 0 Å². The highest BCUT2D eigenvalue weighted by atomic mass is 32.2. The number of anilines is 1. The average molecular weight is 408 g/mol. The van der Waals surface area contributed by atoms with Crippen molar-refractivity contribution in [3.8, 4) is 0 Å². The van der Waals surface area contributed by atoms with Crippen molar-refractivity contribution in [2.45, 2.75) is 35.2 Å². The number of carbonyl (C=O) groups excluding carboxylic acids is 2. The maximum atomic E-state index is 12.7. The van der Waals surface area contributed by atoms with Gasteiger partial charge in [0.2, 0.25) is 11.8 Å². The number of carbonyl (C=O) groups is 2. The second-order valence-corrected chi connectivity index (χ2v) is 9.65. The fourth-order valence-electron chi connectivity index (χ4n) is 2.82. The minimum Gasteiger partial charge on any atom is -0.352 e. The number of hydrogen-bond acceptors (Lipinski definition) is 5. The molecule has 2 heterocycles. The van der Waals surface area contributed by atoms with E-state index in [2.05, 4.69) is 10.6 Å². The summed E-state index contributed by atoms with van der Waals surface area (Å²) >= 11 is 1.01. The molecule has 2 aliphatic rings. The lowest BCUT2D eigenvalue weighted by atomic mass is 10.1. The molecule has 0 spiro atoms. The molecule has 2 N–H and O–H groups in total. The first-order valence-electron chi connectivity index (χ1n) is 7.72. The van der Waals surface area contributed by atoms with E-state index in [1.165, 1.54) is 6.07 Å². The van der Waals surface area contributed by atoms with Crippen LogP contribution in [0.15, 0.2) is 23.1 Å². The van der Waals surface area contributed by atoms with Gasteiger partial charge >= 0.3 is 6.18 Å². The van der Waals surface area contributed by atoms with Gasteiger partial charge in [-0.1, -0.05) is 0 Å². The number of amides is 2. The summed E-state index contributed by atoms with van der Waals surface area (Å²) in [7, 11) is -3.13. The van der Waals surface area contributed by atoms with Crippen LogP contribution in [0.2, 0.25) is 0 Å². The Bertz CT molecular complexity index is 855. The zero-order valence-electron chi connectivity index (χ0n) is 13.3. The molecule has 2 atom stereocenters. The summed E-state index contributed by atoms with van der Waals surface area (Å²) in [5, 5.41) is 4.20. The van der Waals surface area contributed by atoms with Crippen LogP contribution in [0.4, 0.5) is 18.9 Å². The van der Waals surface area contributed by atoms with E-state index in [-0.39, 0.29) is 23.6 Å². The number of hydrogen-bond donors (Lipinski definition) is 2. The van der Waals surface area contributed by atoms with Crippen molar-refractivity contribution in [2.75, 3.05) is 16.8 Å². The first-order chi connectivity index (χ1) is 12.0. The van der Waals surface area contributed by atoms with Gasteiger partial charge in [-0.05, 0) is 24.6 Å². The van der Waals surface area contributed by atoms with E-state index >= 15 is 0 Å². The fraction of sp³-hybridized carbons (Fsp3) is 0.467. The van der Waals surface area contributed by atoms with Crippen molar-refractivity contribution >= 4 is 39.1 Å². The molecule has 26 heavy (non-hydrogen) atoms. The summed E-state index contributed by atoms with van der Waals surface area (Å²) in [6.07, 6.45) is -4.36. The lowest BCUT2D eigenvalue weighted by Gasteiger charge is -2.25. The Morgan fingerprint density at radius 2 is 2.08 bits per heavy atom. The third kappa shape index (κ3) is 4.32. The van der Waals surface area contributed by atoms with Crippen molar-refractivity contribution in [1.82, 2.24) is 5.32 Å². The van der Waals surface area contributed by atoms with Gasteiger partial charge in [-0.15, -0.1) is 11.8 Å². The van der Waals surface area contributed by atoms with E-state index in [0.29, 0.717) is 11.3 Å². The molecule has 0 bridgehead atoms. The Kier molecular flexibility index (Phi) is 4.95. The van der Waals surface area contributed by atoms with Crippen LogP contribution in [0.3, 0.4) is 0 Å². The second kappa shape index (κ2) is 6.76. The van der Waals surface area contributed by atoms with Gasteiger partial charge < -0.3 is 10.6 Å². The third-order valence-corrected chi connectivity index (χ3v) is 7.14. The standard InChI is InChI=1S/C15H15F3N2O4S2/c16-15(17,18)8-1-2-11-10(5-8)20-14(22)12(25-11)6-13(21)19-9-3-4-26(23,24)7-9/h1-2,5,9,12H,3-4,6-7H2,(H,19,21)(H,20,22). The summed E-state index contributed by atoms with van der Waals surface area (Å²) in [6, 6.07) is 2.58. The Hall–Kier alpha value is -1.75. The molecule has 0 aliphatic carbocycles. The van der Waals surface area contributed by atoms with E-state index in [1.807, 2.05) is 0 Å². The third-order valence-electron chi connectivity index (χ3n) is 4.09. The molecule has 1 aromatic rings. The van der Waals surface area contributed by atoms with Crippen LogP contribution in [0.1, 0.15) is 18.4 Å². The number of benzene rings is 1. The molecular formula is C15H15F3N2O4S2. The van der Waals surface area contributed by atoms with Crippen LogP contribution in [0.5, 0.6) is 0 Å². The molecule has 0 aromatic heterocycles. The largest absolute Gasteiger partial charge is 0.416 e. The molecule has 3 rings (SSSR count). The molecule has 1 aromatic carbocycles. The van der Waals surface area contributed by atoms with Crippen LogP contribution in [-0.4, -0.2) is 43.0 Å². The quantitative estimate of drug-likeness (QED) is 0.796. The van der Waals surface area contributed by atoms with Crippen molar-refractivity contribution in [3.05, 3.63) is 23.8 Å².